The second-order valence-corrected chi connectivity index (χ2v) is 6.98. The standard InChI is InChI=1S/C21H25NO/c1-2-8-17(9-3-1)12-15-22-19-16-21(13-6-7-14-21)23-20-11-5-4-10-18(19)20/h1-5,8-11,19,22H,6-7,12-16H2. The Kier molecular flexibility index (Phi) is 4.09. The highest BCUT2D eigenvalue weighted by Crippen LogP contribution is 2.46. The Hall–Kier alpha value is -1.80. The molecule has 0 saturated heterocycles. The van der Waals surface area contributed by atoms with Gasteiger partial charge in [-0.3, -0.25) is 0 Å². The van der Waals surface area contributed by atoms with E-state index in [1.165, 1.54) is 36.8 Å². The number of nitrogens with one attached hydrogen (secondary N) is 1. The molecule has 0 radical (unpaired) electrons. The summed E-state index contributed by atoms with van der Waals surface area (Å²) < 4.78 is 6.44. The van der Waals surface area contributed by atoms with Gasteiger partial charge in [-0.1, -0.05) is 48.5 Å². The number of hydrogen-bond donors (Lipinski definition) is 1. The Labute approximate surface area is 138 Å². The summed E-state index contributed by atoms with van der Waals surface area (Å²) in [7, 11) is 0. The molecule has 120 valence electrons. The first-order chi connectivity index (χ1) is 11.3. The third kappa shape index (κ3) is 3.13. The van der Waals surface area contributed by atoms with E-state index < -0.39 is 0 Å². The van der Waals surface area contributed by atoms with Crippen molar-refractivity contribution in [1.82, 2.24) is 5.32 Å². The molecule has 2 aromatic rings. The second kappa shape index (κ2) is 6.37. The highest BCUT2D eigenvalue weighted by Gasteiger charge is 2.42. The monoisotopic (exact) mass is 307 g/mol. The second-order valence-electron chi connectivity index (χ2n) is 6.98. The topological polar surface area (TPSA) is 21.3 Å². The molecule has 1 unspecified atom stereocenters. The lowest BCUT2D eigenvalue weighted by atomic mass is 9.86. The number of para-hydroxylation sites is 1. The van der Waals surface area contributed by atoms with Crippen molar-refractivity contribution in [1.29, 1.82) is 0 Å². The van der Waals surface area contributed by atoms with Crippen molar-refractivity contribution in [3.63, 3.8) is 0 Å². The number of rotatable bonds is 4. The van der Waals surface area contributed by atoms with Crippen molar-refractivity contribution in [2.24, 2.45) is 0 Å². The summed E-state index contributed by atoms with van der Waals surface area (Å²) in [4.78, 5) is 0. The van der Waals surface area contributed by atoms with Crippen LogP contribution in [-0.2, 0) is 6.42 Å². The van der Waals surface area contributed by atoms with E-state index in [9.17, 15) is 0 Å². The van der Waals surface area contributed by atoms with Crippen molar-refractivity contribution in [2.45, 2.75) is 50.2 Å². The number of benzene rings is 2. The van der Waals surface area contributed by atoms with E-state index in [-0.39, 0.29) is 5.60 Å². The van der Waals surface area contributed by atoms with Crippen molar-refractivity contribution >= 4 is 0 Å². The van der Waals surface area contributed by atoms with E-state index in [0.29, 0.717) is 6.04 Å². The molecule has 1 fully saturated rings. The molecule has 1 aliphatic carbocycles. The smallest absolute Gasteiger partial charge is 0.124 e. The van der Waals surface area contributed by atoms with Gasteiger partial charge in [-0.2, -0.15) is 0 Å². The predicted molar refractivity (Wildman–Crippen MR) is 93.8 cm³/mol. The molecule has 1 saturated carbocycles. The molecule has 1 atom stereocenters. The summed E-state index contributed by atoms with van der Waals surface area (Å²) in [5.41, 5.74) is 2.81. The third-order valence-electron chi connectivity index (χ3n) is 5.36. The first kappa shape index (κ1) is 14.8. The lowest BCUT2D eigenvalue weighted by Crippen LogP contribution is -2.42. The average molecular weight is 307 g/mol. The van der Waals surface area contributed by atoms with Gasteiger partial charge in [0.15, 0.2) is 0 Å². The molecule has 2 heteroatoms. The van der Waals surface area contributed by atoms with Gasteiger partial charge in [-0.05, 0) is 50.3 Å². The number of ether oxygens (including phenoxy) is 1. The maximum absolute atomic E-state index is 6.44. The van der Waals surface area contributed by atoms with Gasteiger partial charge in [-0.15, -0.1) is 0 Å². The van der Waals surface area contributed by atoms with Crippen LogP contribution in [0.25, 0.3) is 0 Å². The molecular formula is C21H25NO. The van der Waals surface area contributed by atoms with Gasteiger partial charge in [0.25, 0.3) is 0 Å². The Morgan fingerprint density at radius 1 is 0.957 bits per heavy atom. The SMILES string of the molecule is c1ccc(CCNC2CC3(CCCC3)Oc3ccccc32)cc1. The summed E-state index contributed by atoms with van der Waals surface area (Å²) in [6.45, 7) is 1.01. The van der Waals surface area contributed by atoms with Crippen LogP contribution in [0.5, 0.6) is 5.75 Å². The van der Waals surface area contributed by atoms with Crippen molar-refractivity contribution in [2.75, 3.05) is 6.54 Å². The summed E-state index contributed by atoms with van der Waals surface area (Å²) in [5.74, 6) is 1.10. The lowest BCUT2D eigenvalue weighted by molar-refractivity contribution is 0.0369. The van der Waals surface area contributed by atoms with Gasteiger partial charge in [0.05, 0.1) is 0 Å². The molecule has 0 amide bonds. The maximum Gasteiger partial charge on any atom is 0.124 e. The van der Waals surface area contributed by atoms with Crippen LogP contribution in [-0.4, -0.2) is 12.1 Å². The molecule has 1 aliphatic heterocycles. The molecular weight excluding hydrogens is 282 g/mol. The Bertz CT molecular complexity index is 646. The van der Waals surface area contributed by atoms with E-state index >= 15 is 0 Å². The Morgan fingerprint density at radius 2 is 1.70 bits per heavy atom. The first-order valence-corrected chi connectivity index (χ1v) is 8.90. The highest BCUT2D eigenvalue weighted by atomic mass is 16.5. The van der Waals surface area contributed by atoms with Crippen molar-refractivity contribution in [3.8, 4) is 5.75 Å². The quantitative estimate of drug-likeness (QED) is 0.887. The average Bonchev–Trinajstić information content (AvgIpc) is 3.03. The molecule has 0 bridgehead atoms. The molecule has 2 nitrogen and oxygen atoms in total. The van der Waals surface area contributed by atoms with E-state index in [2.05, 4.69) is 59.9 Å². The zero-order chi connectivity index (χ0) is 15.5. The molecule has 1 heterocycles. The fourth-order valence-electron chi connectivity index (χ4n) is 4.16. The largest absolute Gasteiger partial charge is 0.487 e. The molecule has 2 aromatic carbocycles. The molecule has 0 aromatic heterocycles. The summed E-state index contributed by atoms with van der Waals surface area (Å²) in [5, 5.41) is 3.80. The van der Waals surface area contributed by atoms with Gasteiger partial charge in [0, 0.05) is 18.0 Å². The van der Waals surface area contributed by atoms with E-state index in [1.54, 1.807) is 0 Å². The molecule has 1 spiro atoms. The minimum absolute atomic E-state index is 0.0821. The van der Waals surface area contributed by atoms with Crippen LogP contribution >= 0.6 is 0 Å². The normalized spacial score (nSPS) is 21.8. The van der Waals surface area contributed by atoms with Gasteiger partial charge >= 0.3 is 0 Å². The number of fused-ring (bicyclic) bond motifs is 1. The van der Waals surface area contributed by atoms with Gasteiger partial charge in [0.1, 0.15) is 11.4 Å². The molecule has 23 heavy (non-hydrogen) atoms. The molecule has 2 aliphatic rings. The van der Waals surface area contributed by atoms with Crippen LogP contribution in [0.2, 0.25) is 0 Å². The Balaban J connectivity index is 1.48. The maximum atomic E-state index is 6.44. The van der Waals surface area contributed by atoms with Crippen molar-refractivity contribution in [3.05, 3.63) is 65.7 Å². The van der Waals surface area contributed by atoms with Gasteiger partial charge in [0.2, 0.25) is 0 Å². The minimum Gasteiger partial charge on any atom is -0.487 e. The highest BCUT2D eigenvalue weighted by molar-refractivity contribution is 5.39. The van der Waals surface area contributed by atoms with Crippen LogP contribution in [0.4, 0.5) is 0 Å². The predicted octanol–water partition coefficient (Wildman–Crippen LogP) is 4.66. The minimum atomic E-state index is 0.0821. The fraction of sp³-hybridized carbons (Fsp3) is 0.429. The van der Waals surface area contributed by atoms with E-state index in [0.717, 1.165) is 25.1 Å². The molecule has 4 rings (SSSR count). The van der Waals surface area contributed by atoms with Crippen LogP contribution < -0.4 is 10.1 Å². The zero-order valence-corrected chi connectivity index (χ0v) is 13.6. The number of hydrogen-bond acceptors (Lipinski definition) is 2. The third-order valence-corrected chi connectivity index (χ3v) is 5.36. The summed E-state index contributed by atoms with van der Waals surface area (Å²) >= 11 is 0. The van der Waals surface area contributed by atoms with Crippen LogP contribution in [0, 0.1) is 0 Å². The van der Waals surface area contributed by atoms with Gasteiger partial charge < -0.3 is 10.1 Å². The zero-order valence-electron chi connectivity index (χ0n) is 13.6. The summed E-state index contributed by atoms with van der Waals surface area (Å²) in [6.07, 6.45) is 7.21. The van der Waals surface area contributed by atoms with Crippen LogP contribution in [0.15, 0.2) is 54.6 Å². The van der Waals surface area contributed by atoms with Gasteiger partial charge in [-0.25, -0.2) is 0 Å². The van der Waals surface area contributed by atoms with Crippen LogP contribution in [0.1, 0.15) is 49.3 Å². The van der Waals surface area contributed by atoms with E-state index in [4.69, 9.17) is 4.74 Å². The Morgan fingerprint density at radius 3 is 2.52 bits per heavy atom. The molecule has 1 N–H and O–H groups in total. The van der Waals surface area contributed by atoms with Crippen LogP contribution in [0.3, 0.4) is 0 Å². The lowest BCUT2D eigenvalue weighted by Gasteiger charge is -2.40. The fourth-order valence-corrected chi connectivity index (χ4v) is 4.16. The summed E-state index contributed by atoms with van der Waals surface area (Å²) in [6, 6.07) is 19.7. The first-order valence-electron chi connectivity index (χ1n) is 8.90. The van der Waals surface area contributed by atoms with Crippen molar-refractivity contribution < 1.29 is 4.74 Å². The van der Waals surface area contributed by atoms with E-state index in [1.807, 2.05) is 0 Å².